The van der Waals surface area contributed by atoms with Gasteiger partial charge in [0.25, 0.3) is 0 Å². The summed E-state index contributed by atoms with van der Waals surface area (Å²) in [6.45, 7) is 1.86. The SMILES string of the molecule is CNC(C(=O)O)C(C)n1cnc(I)c1I. The van der Waals surface area contributed by atoms with E-state index in [1.54, 1.807) is 13.4 Å². The van der Waals surface area contributed by atoms with Gasteiger partial charge in [0.2, 0.25) is 0 Å². The maximum absolute atomic E-state index is 11.0. The van der Waals surface area contributed by atoms with E-state index in [-0.39, 0.29) is 6.04 Å². The molecule has 1 heterocycles. The summed E-state index contributed by atoms with van der Waals surface area (Å²) < 4.78 is 3.71. The number of nitrogens with zero attached hydrogens (tertiary/aromatic N) is 2. The van der Waals surface area contributed by atoms with Gasteiger partial charge < -0.3 is 15.0 Å². The smallest absolute Gasteiger partial charge is 0.322 e. The highest BCUT2D eigenvalue weighted by Gasteiger charge is 2.25. The van der Waals surface area contributed by atoms with Gasteiger partial charge in [-0.3, -0.25) is 4.79 Å². The first-order valence-electron chi connectivity index (χ1n) is 4.27. The van der Waals surface area contributed by atoms with Gasteiger partial charge in [-0.2, -0.15) is 0 Å². The van der Waals surface area contributed by atoms with Crippen LogP contribution in [0.4, 0.5) is 0 Å². The minimum Gasteiger partial charge on any atom is -0.480 e. The molecule has 0 amide bonds. The second-order valence-electron chi connectivity index (χ2n) is 3.08. The normalized spacial score (nSPS) is 14.9. The molecule has 2 atom stereocenters. The van der Waals surface area contributed by atoms with Crippen molar-refractivity contribution in [3.05, 3.63) is 13.7 Å². The van der Waals surface area contributed by atoms with Crippen molar-refractivity contribution < 1.29 is 9.90 Å². The van der Waals surface area contributed by atoms with E-state index in [1.807, 2.05) is 11.5 Å². The molecular formula is C8H11I2N3O2. The molecule has 0 saturated heterocycles. The molecule has 1 aromatic heterocycles. The Kier molecular flexibility index (Phi) is 4.77. The Bertz CT molecular complexity index is 367. The number of aliphatic carboxylic acids is 1. The maximum atomic E-state index is 11.0. The zero-order valence-electron chi connectivity index (χ0n) is 8.24. The van der Waals surface area contributed by atoms with E-state index in [4.69, 9.17) is 5.11 Å². The third kappa shape index (κ3) is 2.81. The van der Waals surface area contributed by atoms with Crippen molar-refractivity contribution in [1.82, 2.24) is 14.9 Å². The summed E-state index contributed by atoms with van der Waals surface area (Å²) in [7, 11) is 1.64. The van der Waals surface area contributed by atoms with Gasteiger partial charge in [0, 0.05) is 0 Å². The Morgan fingerprint density at radius 2 is 2.27 bits per heavy atom. The maximum Gasteiger partial charge on any atom is 0.322 e. The molecule has 7 heteroatoms. The molecule has 2 N–H and O–H groups in total. The number of halogens is 2. The predicted octanol–water partition coefficient (Wildman–Crippen LogP) is 1.33. The van der Waals surface area contributed by atoms with Crippen molar-refractivity contribution >= 4 is 51.2 Å². The van der Waals surface area contributed by atoms with Crippen LogP contribution in [0.3, 0.4) is 0 Å². The van der Waals surface area contributed by atoms with Crippen molar-refractivity contribution in [1.29, 1.82) is 0 Å². The van der Waals surface area contributed by atoms with Gasteiger partial charge in [-0.05, 0) is 59.2 Å². The van der Waals surface area contributed by atoms with Crippen LogP contribution in [0.2, 0.25) is 0 Å². The third-order valence-electron chi connectivity index (χ3n) is 2.19. The fourth-order valence-corrected chi connectivity index (χ4v) is 2.45. The Morgan fingerprint density at radius 1 is 1.67 bits per heavy atom. The molecule has 0 aliphatic heterocycles. The lowest BCUT2D eigenvalue weighted by molar-refractivity contribution is -0.140. The zero-order valence-corrected chi connectivity index (χ0v) is 12.6. The van der Waals surface area contributed by atoms with Crippen molar-refractivity contribution in [2.45, 2.75) is 19.0 Å². The van der Waals surface area contributed by atoms with Crippen molar-refractivity contribution in [3.63, 3.8) is 0 Å². The van der Waals surface area contributed by atoms with E-state index in [2.05, 4.69) is 55.5 Å². The Balaban J connectivity index is 2.97. The van der Waals surface area contributed by atoms with Crippen LogP contribution >= 0.6 is 45.2 Å². The minimum atomic E-state index is -0.857. The number of aromatic nitrogens is 2. The van der Waals surface area contributed by atoms with Crippen molar-refractivity contribution in [2.75, 3.05) is 7.05 Å². The predicted molar refractivity (Wildman–Crippen MR) is 72.9 cm³/mol. The van der Waals surface area contributed by atoms with Crippen LogP contribution in [-0.2, 0) is 4.79 Å². The Hall–Kier alpha value is 0.100. The molecule has 0 saturated carbocycles. The molecule has 1 aromatic rings. The number of carboxylic acid groups (broad SMARTS) is 1. The molecule has 0 aromatic carbocycles. The van der Waals surface area contributed by atoms with Gasteiger partial charge >= 0.3 is 5.97 Å². The van der Waals surface area contributed by atoms with Crippen LogP contribution in [0.5, 0.6) is 0 Å². The monoisotopic (exact) mass is 435 g/mol. The van der Waals surface area contributed by atoms with E-state index in [9.17, 15) is 4.79 Å². The molecule has 0 aliphatic carbocycles. The highest BCUT2D eigenvalue weighted by Crippen LogP contribution is 2.20. The largest absolute Gasteiger partial charge is 0.480 e. The second kappa shape index (κ2) is 5.43. The first kappa shape index (κ1) is 13.2. The Labute approximate surface area is 115 Å². The molecule has 0 bridgehead atoms. The number of likely N-dealkylation sites (N-methyl/N-ethyl adjacent to an activating group) is 1. The molecule has 2 unspecified atom stereocenters. The summed E-state index contributed by atoms with van der Waals surface area (Å²) in [5.41, 5.74) is 0. The average molecular weight is 435 g/mol. The zero-order chi connectivity index (χ0) is 11.6. The molecule has 0 radical (unpaired) electrons. The number of hydrogen-bond acceptors (Lipinski definition) is 3. The summed E-state index contributed by atoms with van der Waals surface area (Å²) in [4.78, 5) is 15.1. The van der Waals surface area contributed by atoms with Gasteiger partial charge in [0.05, 0.1) is 12.4 Å². The van der Waals surface area contributed by atoms with Gasteiger partial charge in [-0.25, -0.2) is 4.98 Å². The molecule has 0 aliphatic rings. The summed E-state index contributed by atoms with van der Waals surface area (Å²) in [6.07, 6.45) is 1.67. The van der Waals surface area contributed by atoms with Crippen LogP contribution in [-0.4, -0.2) is 33.7 Å². The lowest BCUT2D eigenvalue weighted by Gasteiger charge is -2.21. The van der Waals surface area contributed by atoms with E-state index in [0.717, 1.165) is 7.40 Å². The number of rotatable bonds is 4. The molecular weight excluding hydrogens is 424 g/mol. The highest BCUT2D eigenvalue weighted by molar-refractivity contribution is 14.1. The molecule has 5 nitrogen and oxygen atoms in total. The van der Waals surface area contributed by atoms with Crippen LogP contribution in [0.25, 0.3) is 0 Å². The molecule has 15 heavy (non-hydrogen) atoms. The summed E-state index contributed by atoms with van der Waals surface area (Å²) in [5.74, 6) is -0.857. The lowest BCUT2D eigenvalue weighted by Crippen LogP contribution is -2.40. The van der Waals surface area contributed by atoms with Crippen LogP contribution < -0.4 is 5.32 Å². The van der Waals surface area contributed by atoms with Crippen LogP contribution in [0, 0.1) is 7.40 Å². The molecule has 84 valence electrons. The highest BCUT2D eigenvalue weighted by atomic mass is 127. The quantitative estimate of drug-likeness (QED) is 0.701. The van der Waals surface area contributed by atoms with E-state index in [0.29, 0.717) is 0 Å². The number of imidazole rings is 1. The number of nitrogens with one attached hydrogen (secondary N) is 1. The van der Waals surface area contributed by atoms with E-state index < -0.39 is 12.0 Å². The summed E-state index contributed by atoms with van der Waals surface area (Å²) >= 11 is 4.28. The van der Waals surface area contributed by atoms with Gasteiger partial charge in [-0.15, -0.1) is 0 Å². The number of hydrogen-bond donors (Lipinski definition) is 2. The Morgan fingerprint density at radius 3 is 2.60 bits per heavy atom. The van der Waals surface area contributed by atoms with Crippen LogP contribution in [0.15, 0.2) is 6.33 Å². The van der Waals surface area contributed by atoms with E-state index >= 15 is 0 Å². The van der Waals surface area contributed by atoms with Gasteiger partial charge in [0.1, 0.15) is 13.4 Å². The summed E-state index contributed by atoms with van der Waals surface area (Å²) in [6, 6.07) is -0.779. The fraction of sp³-hybridized carbons (Fsp3) is 0.500. The van der Waals surface area contributed by atoms with Crippen LogP contribution in [0.1, 0.15) is 13.0 Å². The number of carbonyl (C=O) groups is 1. The third-order valence-corrected chi connectivity index (χ3v) is 5.08. The van der Waals surface area contributed by atoms with E-state index in [1.165, 1.54) is 0 Å². The topological polar surface area (TPSA) is 67.2 Å². The van der Waals surface area contributed by atoms with Crippen molar-refractivity contribution in [3.8, 4) is 0 Å². The first-order chi connectivity index (χ1) is 6.99. The van der Waals surface area contributed by atoms with Crippen molar-refractivity contribution in [2.24, 2.45) is 0 Å². The standard InChI is InChI=1S/C8H11I2N3O2/c1-4(5(11-2)8(14)15)13-3-12-6(9)7(13)10/h3-5,11H,1-2H3,(H,14,15). The minimum absolute atomic E-state index is 0.171. The van der Waals surface area contributed by atoms with Gasteiger partial charge in [0.15, 0.2) is 0 Å². The molecule has 0 fully saturated rings. The average Bonchev–Trinajstić information content (AvgIpc) is 2.48. The summed E-state index contributed by atoms with van der Waals surface area (Å²) in [5, 5.41) is 11.8. The van der Waals surface area contributed by atoms with Gasteiger partial charge in [-0.1, -0.05) is 0 Å². The first-order valence-corrected chi connectivity index (χ1v) is 6.42. The molecule has 1 rings (SSSR count). The number of carboxylic acids is 1. The fourth-order valence-electron chi connectivity index (χ4n) is 1.34. The second-order valence-corrected chi connectivity index (χ2v) is 5.12. The molecule has 0 spiro atoms. The lowest BCUT2D eigenvalue weighted by atomic mass is 10.1.